The van der Waals surface area contributed by atoms with Gasteiger partial charge in [-0.15, -0.1) is 0 Å². The van der Waals surface area contributed by atoms with E-state index in [1.165, 1.54) is 25.3 Å². The van der Waals surface area contributed by atoms with Crippen LogP contribution in [0.25, 0.3) is 0 Å². The molecule has 0 spiro atoms. The fourth-order valence-corrected chi connectivity index (χ4v) is 4.05. The molecule has 146 valence electrons. The van der Waals surface area contributed by atoms with Crippen molar-refractivity contribution in [1.29, 1.82) is 0 Å². The molecule has 2 aliphatic carbocycles. The van der Waals surface area contributed by atoms with E-state index in [4.69, 9.17) is 4.74 Å². The molecule has 3 rings (SSSR count). The van der Waals surface area contributed by atoms with Gasteiger partial charge in [-0.3, -0.25) is 14.4 Å². The quantitative estimate of drug-likeness (QED) is 0.712. The third-order valence-electron chi connectivity index (χ3n) is 5.33. The molecule has 2 bridgehead atoms. The number of halogens is 2. The lowest BCUT2D eigenvalue weighted by molar-refractivity contribution is -0.149. The summed E-state index contributed by atoms with van der Waals surface area (Å²) in [6.07, 6.45) is 5.04. The zero-order chi connectivity index (χ0) is 19.4. The number of hydrogen-bond acceptors (Lipinski definition) is 4. The Balaban J connectivity index is 1.32. The number of nitrogens with one attached hydrogen (secondary N) is 2. The Morgan fingerprint density at radius 1 is 1.07 bits per heavy atom. The Hall–Kier alpha value is -2.51. The van der Waals surface area contributed by atoms with Crippen molar-refractivity contribution < 1.29 is 27.9 Å². The van der Waals surface area contributed by atoms with Crippen LogP contribution in [0.5, 0.6) is 0 Å². The highest BCUT2D eigenvalue weighted by atomic mass is 19.2. The van der Waals surface area contributed by atoms with Gasteiger partial charge >= 0.3 is 5.97 Å². The third-order valence-corrected chi connectivity index (χ3v) is 5.33. The van der Waals surface area contributed by atoms with E-state index < -0.39 is 36.0 Å². The van der Waals surface area contributed by atoms with Crippen LogP contribution in [0, 0.1) is 29.4 Å². The number of carbonyl (C=O) groups excluding carboxylic acids is 3. The fraction of sp³-hybridized carbons (Fsp3) is 0.526. The van der Waals surface area contributed by atoms with Gasteiger partial charge in [0.15, 0.2) is 18.2 Å². The molecule has 27 heavy (non-hydrogen) atoms. The normalized spacial score (nSPS) is 23.1. The van der Waals surface area contributed by atoms with Crippen molar-refractivity contribution in [3.05, 3.63) is 29.8 Å². The highest BCUT2D eigenvalue weighted by Crippen LogP contribution is 2.49. The Labute approximate surface area is 155 Å². The second-order valence-corrected chi connectivity index (χ2v) is 7.25. The molecule has 1 aromatic carbocycles. The van der Waals surface area contributed by atoms with Gasteiger partial charge in [-0.2, -0.15) is 0 Å². The van der Waals surface area contributed by atoms with Crippen LogP contribution in [0.4, 0.5) is 14.5 Å². The number of fused-ring (bicyclic) bond motifs is 2. The summed E-state index contributed by atoms with van der Waals surface area (Å²) in [6.45, 7) is -0.820. The van der Waals surface area contributed by atoms with E-state index in [1.807, 2.05) is 0 Å². The minimum Gasteiger partial charge on any atom is -0.456 e. The molecule has 0 aromatic heterocycles. The molecule has 2 aliphatic rings. The molecular weight excluding hydrogens is 358 g/mol. The monoisotopic (exact) mass is 380 g/mol. The maximum atomic E-state index is 13.1. The lowest BCUT2D eigenvalue weighted by Gasteiger charge is -2.20. The molecule has 8 heteroatoms. The van der Waals surface area contributed by atoms with Crippen molar-refractivity contribution in [2.45, 2.75) is 32.1 Å². The number of amides is 2. The number of carbonyl (C=O) groups is 3. The second kappa shape index (κ2) is 8.45. The molecule has 2 amide bonds. The number of ether oxygens (including phenoxy) is 1. The van der Waals surface area contributed by atoms with Crippen molar-refractivity contribution in [3.8, 4) is 0 Å². The fourth-order valence-electron chi connectivity index (χ4n) is 4.05. The molecule has 0 radical (unpaired) electrons. The molecular formula is C19H22F2N2O4. The van der Waals surface area contributed by atoms with Crippen LogP contribution < -0.4 is 10.6 Å². The molecule has 0 unspecified atom stereocenters. The average Bonchev–Trinajstić information content (AvgIpc) is 3.24. The highest BCUT2D eigenvalue weighted by Gasteiger charge is 2.40. The van der Waals surface area contributed by atoms with Crippen LogP contribution in [-0.4, -0.2) is 30.9 Å². The Morgan fingerprint density at radius 2 is 1.89 bits per heavy atom. The van der Waals surface area contributed by atoms with Crippen LogP contribution in [0.1, 0.15) is 32.1 Å². The number of hydrogen-bond donors (Lipinski definition) is 2. The van der Waals surface area contributed by atoms with Gasteiger partial charge in [-0.1, -0.05) is 6.42 Å². The maximum Gasteiger partial charge on any atom is 0.306 e. The van der Waals surface area contributed by atoms with E-state index in [0.717, 1.165) is 24.5 Å². The molecule has 1 aromatic rings. The first-order chi connectivity index (χ1) is 12.9. The minimum atomic E-state index is -1.08. The summed E-state index contributed by atoms with van der Waals surface area (Å²) in [7, 11) is 0. The van der Waals surface area contributed by atoms with Gasteiger partial charge in [-0.05, 0) is 49.1 Å². The van der Waals surface area contributed by atoms with E-state index in [2.05, 4.69) is 10.6 Å². The summed E-state index contributed by atoms with van der Waals surface area (Å²) in [6, 6.07) is 2.93. The molecule has 3 atom stereocenters. The third kappa shape index (κ3) is 5.24. The topological polar surface area (TPSA) is 84.5 Å². The van der Waals surface area contributed by atoms with Crippen molar-refractivity contribution >= 4 is 23.5 Å². The largest absolute Gasteiger partial charge is 0.456 e. The van der Waals surface area contributed by atoms with Crippen molar-refractivity contribution in [1.82, 2.24) is 5.32 Å². The van der Waals surface area contributed by atoms with Crippen molar-refractivity contribution in [3.63, 3.8) is 0 Å². The van der Waals surface area contributed by atoms with Gasteiger partial charge in [0.2, 0.25) is 5.91 Å². The molecule has 2 N–H and O–H groups in total. The summed E-state index contributed by atoms with van der Waals surface area (Å²) in [5.74, 6) is -2.00. The van der Waals surface area contributed by atoms with Crippen LogP contribution in [0.2, 0.25) is 0 Å². The zero-order valence-corrected chi connectivity index (χ0v) is 14.8. The molecule has 0 heterocycles. The van der Waals surface area contributed by atoms with Gasteiger partial charge < -0.3 is 15.4 Å². The van der Waals surface area contributed by atoms with E-state index in [9.17, 15) is 23.2 Å². The number of benzene rings is 1. The van der Waals surface area contributed by atoms with Crippen LogP contribution in [0.15, 0.2) is 18.2 Å². The molecule has 0 aliphatic heterocycles. The predicted octanol–water partition coefficient (Wildman–Crippen LogP) is 2.39. The summed E-state index contributed by atoms with van der Waals surface area (Å²) in [5.41, 5.74) is 0.0745. The van der Waals surface area contributed by atoms with Gasteiger partial charge in [0.25, 0.3) is 5.91 Å². The van der Waals surface area contributed by atoms with Gasteiger partial charge in [0.05, 0.1) is 6.54 Å². The van der Waals surface area contributed by atoms with Crippen LogP contribution in [-0.2, 0) is 19.1 Å². The van der Waals surface area contributed by atoms with Gasteiger partial charge in [0.1, 0.15) is 0 Å². The molecule has 0 saturated heterocycles. The second-order valence-electron chi connectivity index (χ2n) is 7.25. The Bertz CT molecular complexity index is 740. The van der Waals surface area contributed by atoms with E-state index >= 15 is 0 Å². The molecule has 2 fully saturated rings. The SMILES string of the molecule is O=C(COC(=O)C[C@@H]1C[C@H]2CC[C@@H]1C2)NCC(=O)Nc1ccc(F)c(F)c1. The summed E-state index contributed by atoms with van der Waals surface area (Å²) >= 11 is 0. The Morgan fingerprint density at radius 3 is 2.56 bits per heavy atom. The minimum absolute atomic E-state index is 0.0745. The lowest BCUT2D eigenvalue weighted by Crippen LogP contribution is -2.35. The van der Waals surface area contributed by atoms with E-state index in [-0.39, 0.29) is 12.2 Å². The summed E-state index contributed by atoms with van der Waals surface area (Å²) in [4.78, 5) is 35.3. The predicted molar refractivity (Wildman–Crippen MR) is 92.5 cm³/mol. The van der Waals surface area contributed by atoms with Crippen molar-refractivity contribution in [2.24, 2.45) is 17.8 Å². The smallest absolute Gasteiger partial charge is 0.306 e. The zero-order valence-electron chi connectivity index (χ0n) is 14.8. The van der Waals surface area contributed by atoms with Crippen LogP contribution in [0.3, 0.4) is 0 Å². The molecule has 2 saturated carbocycles. The Kier molecular flexibility index (Phi) is 6.03. The van der Waals surface area contributed by atoms with Gasteiger partial charge in [-0.25, -0.2) is 8.78 Å². The van der Waals surface area contributed by atoms with Crippen molar-refractivity contribution in [2.75, 3.05) is 18.5 Å². The highest BCUT2D eigenvalue weighted by molar-refractivity contribution is 5.94. The standard InChI is InChI=1S/C19H22F2N2O4/c20-15-4-3-14(8-16(15)21)23-17(24)9-22-18(25)10-27-19(26)7-13-6-11-1-2-12(13)5-11/h3-4,8,11-13H,1-2,5-7,9-10H2,(H,22,25)(H,23,24)/t11-,12+,13-/m0/s1. The van der Waals surface area contributed by atoms with Gasteiger partial charge in [0, 0.05) is 18.2 Å². The first-order valence-corrected chi connectivity index (χ1v) is 9.08. The summed E-state index contributed by atoms with van der Waals surface area (Å²) < 4.78 is 30.9. The van der Waals surface area contributed by atoms with E-state index in [0.29, 0.717) is 18.3 Å². The molecule has 6 nitrogen and oxygen atoms in total. The maximum absolute atomic E-state index is 13.1. The lowest BCUT2D eigenvalue weighted by atomic mass is 9.86. The number of rotatable bonds is 7. The first kappa shape index (κ1) is 19.3. The number of esters is 1. The van der Waals surface area contributed by atoms with E-state index in [1.54, 1.807) is 0 Å². The number of anilines is 1. The average molecular weight is 380 g/mol. The first-order valence-electron chi connectivity index (χ1n) is 9.08. The van der Waals surface area contributed by atoms with Crippen LogP contribution >= 0.6 is 0 Å². The summed E-state index contributed by atoms with van der Waals surface area (Å²) in [5, 5.41) is 4.63.